The van der Waals surface area contributed by atoms with Gasteiger partial charge < -0.3 is 10.4 Å². The van der Waals surface area contributed by atoms with Crippen LogP contribution in [0.1, 0.15) is 26.3 Å². The minimum atomic E-state index is -1.01. The number of benzene rings is 2. The zero-order valence-corrected chi connectivity index (χ0v) is 15.1. The summed E-state index contributed by atoms with van der Waals surface area (Å²) in [5.74, 6) is -1.34. The first-order chi connectivity index (χ1) is 10.9. The minimum Gasteiger partial charge on any atom is -0.478 e. The Labute approximate surface area is 152 Å². The fraction of sp³-hybridized carbons (Fsp3) is 0.0625. The minimum absolute atomic E-state index is 0.111. The average Bonchev–Trinajstić information content (AvgIpc) is 2.49. The van der Waals surface area contributed by atoms with Crippen LogP contribution in [0.5, 0.6) is 0 Å². The maximum Gasteiger partial charge on any atom is 0.336 e. The molecule has 0 saturated carbocycles. The number of rotatable bonds is 3. The molecule has 0 bridgehead atoms. The van der Waals surface area contributed by atoms with Crippen molar-refractivity contribution in [1.29, 1.82) is 0 Å². The van der Waals surface area contributed by atoms with Gasteiger partial charge in [0, 0.05) is 14.8 Å². The standard InChI is InChI=1S/C16H13IN2O3S/c1-9-12(15(21)22)6-3-7-13(9)18-16(23)19-14(20)10-4-2-5-11(17)8-10/h2-8H,1H3,(H,21,22)(H2,18,19,20,23). The first kappa shape index (κ1) is 17.4. The number of nitrogens with one attached hydrogen (secondary N) is 2. The van der Waals surface area contributed by atoms with Crippen molar-refractivity contribution in [3.05, 3.63) is 62.7 Å². The lowest BCUT2D eigenvalue weighted by molar-refractivity contribution is 0.0696. The third-order valence-corrected chi connectivity index (χ3v) is 4.00. The van der Waals surface area contributed by atoms with Crippen LogP contribution in [-0.4, -0.2) is 22.1 Å². The van der Waals surface area contributed by atoms with Gasteiger partial charge in [-0.15, -0.1) is 0 Å². The monoisotopic (exact) mass is 440 g/mol. The van der Waals surface area contributed by atoms with Crippen molar-refractivity contribution in [3.8, 4) is 0 Å². The summed E-state index contributed by atoms with van der Waals surface area (Å²) in [5.41, 5.74) is 1.77. The molecule has 1 amide bonds. The number of anilines is 1. The van der Waals surface area contributed by atoms with E-state index in [4.69, 9.17) is 17.3 Å². The Morgan fingerprint density at radius 1 is 1.17 bits per heavy atom. The van der Waals surface area contributed by atoms with E-state index in [1.54, 1.807) is 37.3 Å². The summed E-state index contributed by atoms with van der Waals surface area (Å²) in [6, 6.07) is 11.9. The molecule has 0 fully saturated rings. The predicted molar refractivity (Wildman–Crippen MR) is 101 cm³/mol. The van der Waals surface area contributed by atoms with E-state index in [1.807, 2.05) is 6.07 Å². The number of carboxylic acids is 1. The Bertz CT molecular complexity index is 793. The first-order valence-electron chi connectivity index (χ1n) is 6.59. The molecule has 2 rings (SSSR count). The van der Waals surface area contributed by atoms with Gasteiger partial charge in [-0.25, -0.2) is 4.79 Å². The highest BCUT2D eigenvalue weighted by molar-refractivity contribution is 14.1. The third-order valence-electron chi connectivity index (χ3n) is 3.13. The Morgan fingerprint density at radius 3 is 2.52 bits per heavy atom. The number of hydrogen-bond donors (Lipinski definition) is 3. The van der Waals surface area contributed by atoms with E-state index in [0.717, 1.165) is 3.57 Å². The van der Waals surface area contributed by atoms with Gasteiger partial charge in [-0.1, -0.05) is 12.1 Å². The van der Waals surface area contributed by atoms with Gasteiger partial charge in [0.1, 0.15) is 0 Å². The van der Waals surface area contributed by atoms with Crippen LogP contribution in [0, 0.1) is 10.5 Å². The molecular formula is C16H13IN2O3S. The number of hydrogen-bond acceptors (Lipinski definition) is 3. The van der Waals surface area contributed by atoms with Gasteiger partial charge in [-0.2, -0.15) is 0 Å². The molecule has 7 heteroatoms. The van der Waals surface area contributed by atoms with Crippen molar-refractivity contribution in [3.63, 3.8) is 0 Å². The second-order valence-electron chi connectivity index (χ2n) is 4.70. The number of amides is 1. The lowest BCUT2D eigenvalue weighted by atomic mass is 10.1. The van der Waals surface area contributed by atoms with Crippen molar-refractivity contribution in [1.82, 2.24) is 5.32 Å². The van der Waals surface area contributed by atoms with Crippen LogP contribution >= 0.6 is 34.8 Å². The van der Waals surface area contributed by atoms with Gasteiger partial charge in [0.2, 0.25) is 0 Å². The van der Waals surface area contributed by atoms with Gasteiger partial charge in [0.15, 0.2) is 5.11 Å². The average molecular weight is 440 g/mol. The summed E-state index contributed by atoms with van der Waals surface area (Å²) in [5, 5.41) is 14.7. The summed E-state index contributed by atoms with van der Waals surface area (Å²) in [4.78, 5) is 23.2. The van der Waals surface area contributed by atoms with Gasteiger partial charge in [-0.05, 0) is 77.6 Å². The normalized spacial score (nSPS) is 10.0. The van der Waals surface area contributed by atoms with E-state index in [9.17, 15) is 9.59 Å². The van der Waals surface area contributed by atoms with Gasteiger partial charge in [0.05, 0.1) is 5.56 Å². The van der Waals surface area contributed by atoms with Crippen LogP contribution in [0.2, 0.25) is 0 Å². The molecule has 118 valence electrons. The van der Waals surface area contributed by atoms with E-state index in [1.165, 1.54) is 6.07 Å². The molecule has 0 unspecified atom stereocenters. The summed E-state index contributed by atoms with van der Waals surface area (Å²) in [6.07, 6.45) is 0. The van der Waals surface area contributed by atoms with Gasteiger partial charge >= 0.3 is 5.97 Å². The molecule has 0 aromatic heterocycles. The fourth-order valence-electron chi connectivity index (χ4n) is 1.96. The zero-order chi connectivity index (χ0) is 17.0. The molecule has 0 spiro atoms. The van der Waals surface area contributed by atoms with Gasteiger partial charge in [-0.3, -0.25) is 10.1 Å². The summed E-state index contributed by atoms with van der Waals surface area (Å²) in [6.45, 7) is 1.68. The van der Waals surface area contributed by atoms with Crippen LogP contribution in [0.25, 0.3) is 0 Å². The molecule has 23 heavy (non-hydrogen) atoms. The smallest absolute Gasteiger partial charge is 0.336 e. The molecular weight excluding hydrogens is 427 g/mol. The maximum absolute atomic E-state index is 12.1. The van der Waals surface area contributed by atoms with E-state index < -0.39 is 5.97 Å². The highest BCUT2D eigenvalue weighted by Gasteiger charge is 2.12. The third kappa shape index (κ3) is 4.49. The Hall–Kier alpha value is -2.00. The van der Waals surface area contributed by atoms with Crippen LogP contribution in [-0.2, 0) is 0 Å². The van der Waals surface area contributed by atoms with Crippen LogP contribution in [0.4, 0.5) is 5.69 Å². The van der Waals surface area contributed by atoms with Crippen molar-refractivity contribution in [2.45, 2.75) is 6.92 Å². The van der Waals surface area contributed by atoms with Crippen molar-refractivity contribution in [2.24, 2.45) is 0 Å². The van der Waals surface area contributed by atoms with Crippen molar-refractivity contribution >= 4 is 57.5 Å². The lowest BCUT2D eigenvalue weighted by Crippen LogP contribution is -2.34. The van der Waals surface area contributed by atoms with Gasteiger partial charge in [0.25, 0.3) is 5.91 Å². The Kier molecular flexibility index (Phi) is 5.67. The van der Waals surface area contributed by atoms with E-state index in [2.05, 4.69) is 33.2 Å². The fourth-order valence-corrected chi connectivity index (χ4v) is 2.71. The van der Waals surface area contributed by atoms with E-state index in [0.29, 0.717) is 16.8 Å². The number of carbonyl (C=O) groups excluding carboxylic acids is 1. The highest BCUT2D eigenvalue weighted by Crippen LogP contribution is 2.19. The van der Waals surface area contributed by atoms with Crippen LogP contribution < -0.4 is 10.6 Å². The van der Waals surface area contributed by atoms with Crippen molar-refractivity contribution < 1.29 is 14.7 Å². The molecule has 0 aliphatic heterocycles. The summed E-state index contributed by atoms with van der Waals surface area (Å²) < 4.78 is 0.944. The predicted octanol–water partition coefficient (Wildman–Crippen LogP) is 3.42. The maximum atomic E-state index is 12.1. The second kappa shape index (κ2) is 7.51. The SMILES string of the molecule is Cc1c(NC(=S)NC(=O)c2cccc(I)c2)cccc1C(=O)O. The van der Waals surface area contributed by atoms with E-state index >= 15 is 0 Å². The molecule has 0 aliphatic rings. The molecule has 0 atom stereocenters. The summed E-state index contributed by atoms with van der Waals surface area (Å²) in [7, 11) is 0. The highest BCUT2D eigenvalue weighted by atomic mass is 127. The molecule has 0 aliphatic carbocycles. The summed E-state index contributed by atoms with van der Waals surface area (Å²) >= 11 is 7.24. The molecule has 3 N–H and O–H groups in total. The number of carbonyl (C=O) groups is 2. The Balaban J connectivity index is 2.10. The first-order valence-corrected chi connectivity index (χ1v) is 8.08. The molecule has 2 aromatic rings. The molecule has 0 radical (unpaired) electrons. The number of aromatic carboxylic acids is 1. The number of carboxylic acid groups (broad SMARTS) is 1. The topological polar surface area (TPSA) is 78.4 Å². The molecule has 2 aromatic carbocycles. The van der Waals surface area contributed by atoms with Crippen LogP contribution in [0.3, 0.4) is 0 Å². The lowest BCUT2D eigenvalue weighted by Gasteiger charge is -2.13. The molecule has 0 saturated heterocycles. The van der Waals surface area contributed by atoms with Crippen molar-refractivity contribution in [2.75, 3.05) is 5.32 Å². The van der Waals surface area contributed by atoms with Crippen LogP contribution in [0.15, 0.2) is 42.5 Å². The number of thiocarbonyl (C=S) groups is 1. The molecule has 5 nitrogen and oxygen atoms in total. The largest absolute Gasteiger partial charge is 0.478 e. The zero-order valence-electron chi connectivity index (χ0n) is 12.1. The second-order valence-corrected chi connectivity index (χ2v) is 6.36. The molecule has 0 heterocycles. The quantitative estimate of drug-likeness (QED) is 0.504. The van der Waals surface area contributed by atoms with E-state index in [-0.39, 0.29) is 16.6 Å². The number of halogens is 1. The Morgan fingerprint density at radius 2 is 1.87 bits per heavy atom.